The summed E-state index contributed by atoms with van der Waals surface area (Å²) in [4.78, 5) is 0.0347. The predicted octanol–water partition coefficient (Wildman–Crippen LogP) is 2.53. The zero-order chi connectivity index (χ0) is 11.9. The van der Waals surface area contributed by atoms with Crippen molar-refractivity contribution in [2.75, 3.05) is 6.26 Å². The number of halogens is 1. The molecule has 1 aromatic rings. The van der Waals surface area contributed by atoms with Gasteiger partial charge in [0.05, 0.1) is 4.90 Å². The van der Waals surface area contributed by atoms with Crippen molar-refractivity contribution in [3.63, 3.8) is 0 Å². The van der Waals surface area contributed by atoms with Crippen molar-refractivity contribution >= 4 is 9.84 Å². The molecule has 1 aromatic carbocycles. The molecular formula is C11H15FO2S. The maximum Gasteiger partial charge on any atom is 0.175 e. The van der Waals surface area contributed by atoms with E-state index >= 15 is 0 Å². The van der Waals surface area contributed by atoms with E-state index in [-0.39, 0.29) is 10.3 Å². The summed E-state index contributed by atoms with van der Waals surface area (Å²) >= 11 is 0. The minimum Gasteiger partial charge on any atom is -0.224 e. The maximum atomic E-state index is 13.2. The van der Waals surface area contributed by atoms with E-state index in [1.807, 2.05) is 20.8 Å². The van der Waals surface area contributed by atoms with Crippen molar-refractivity contribution in [1.29, 1.82) is 0 Å². The quantitative estimate of drug-likeness (QED) is 0.743. The van der Waals surface area contributed by atoms with E-state index in [4.69, 9.17) is 0 Å². The lowest BCUT2D eigenvalue weighted by Crippen LogP contribution is -2.12. The zero-order valence-electron chi connectivity index (χ0n) is 9.33. The lowest BCUT2D eigenvalue weighted by Gasteiger charge is -2.19. The Kier molecular flexibility index (Phi) is 2.92. The van der Waals surface area contributed by atoms with Crippen molar-refractivity contribution < 1.29 is 12.8 Å². The largest absolute Gasteiger partial charge is 0.224 e. The van der Waals surface area contributed by atoms with Crippen LogP contribution in [0.25, 0.3) is 0 Å². The number of hydrogen-bond donors (Lipinski definition) is 0. The lowest BCUT2D eigenvalue weighted by molar-refractivity contribution is 0.564. The van der Waals surface area contributed by atoms with Crippen LogP contribution >= 0.6 is 0 Å². The number of sulfone groups is 1. The van der Waals surface area contributed by atoms with Crippen molar-refractivity contribution in [3.05, 3.63) is 29.6 Å². The first kappa shape index (κ1) is 12.2. The van der Waals surface area contributed by atoms with Crippen LogP contribution in [-0.4, -0.2) is 14.7 Å². The first-order valence-corrected chi connectivity index (χ1v) is 6.51. The summed E-state index contributed by atoms with van der Waals surface area (Å²) in [6.07, 6.45) is 1.08. The Labute approximate surface area is 90.0 Å². The van der Waals surface area contributed by atoms with Crippen molar-refractivity contribution in [1.82, 2.24) is 0 Å². The Balaban J connectivity index is 3.43. The van der Waals surface area contributed by atoms with Crippen LogP contribution in [0.2, 0.25) is 0 Å². The molecule has 0 aromatic heterocycles. The fraction of sp³-hybridized carbons (Fsp3) is 0.455. The second-order valence-corrected chi connectivity index (χ2v) is 6.71. The third-order valence-electron chi connectivity index (χ3n) is 2.17. The first-order valence-electron chi connectivity index (χ1n) is 4.62. The second-order valence-electron chi connectivity index (χ2n) is 4.70. The molecule has 2 nitrogen and oxygen atoms in total. The van der Waals surface area contributed by atoms with Crippen molar-refractivity contribution in [2.24, 2.45) is 0 Å². The summed E-state index contributed by atoms with van der Waals surface area (Å²) in [7, 11) is -3.35. The molecule has 0 spiro atoms. The number of benzene rings is 1. The van der Waals surface area contributed by atoms with Gasteiger partial charge >= 0.3 is 0 Å². The van der Waals surface area contributed by atoms with E-state index < -0.39 is 15.7 Å². The molecule has 0 fully saturated rings. The smallest absolute Gasteiger partial charge is 0.175 e. The molecule has 0 aliphatic rings. The molecule has 0 bridgehead atoms. The highest BCUT2D eigenvalue weighted by molar-refractivity contribution is 7.90. The Bertz CT molecular complexity index is 470. The molecule has 0 amide bonds. The third-order valence-corrected chi connectivity index (χ3v) is 3.26. The van der Waals surface area contributed by atoms with Gasteiger partial charge in [-0.25, -0.2) is 12.8 Å². The number of rotatable bonds is 1. The van der Waals surface area contributed by atoms with Gasteiger partial charge in [-0.15, -0.1) is 0 Å². The van der Waals surface area contributed by atoms with Gasteiger partial charge in [-0.05, 0) is 29.2 Å². The van der Waals surface area contributed by atoms with E-state index in [0.717, 1.165) is 12.3 Å². The summed E-state index contributed by atoms with van der Waals surface area (Å²) in [5.74, 6) is -0.511. The molecule has 15 heavy (non-hydrogen) atoms. The number of hydrogen-bond acceptors (Lipinski definition) is 2. The summed E-state index contributed by atoms with van der Waals surface area (Å²) in [6, 6.07) is 3.94. The van der Waals surface area contributed by atoms with Crippen LogP contribution in [0.3, 0.4) is 0 Å². The Morgan fingerprint density at radius 2 is 1.67 bits per heavy atom. The highest BCUT2D eigenvalue weighted by atomic mass is 32.2. The minimum atomic E-state index is -3.35. The topological polar surface area (TPSA) is 34.1 Å². The molecule has 0 radical (unpaired) electrons. The molecule has 4 heteroatoms. The second kappa shape index (κ2) is 3.59. The maximum absolute atomic E-state index is 13.2. The molecule has 0 saturated heterocycles. The molecule has 0 unspecified atom stereocenters. The molecule has 0 atom stereocenters. The Morgan fingerprint density at radius 3 is 2.07 bits per heavy atom. The van der Waals surface area contributed by atoms with Crippen LogP contribution < -0.4 is 0 Å². The van der Waals surface area contributed by atoms with E-state index in [1.54, 1.807) is 0 Å². The van der Waals surface area contributed by atoms with Crippen LogP contribution in [-0.2, 0) is 15.3 Å². The summed E-state index contributed by atoms with van der Waals surface area (Å²) < 4.78 is 35.8. The van der Waals surface area contributed by atoms with Crippen LogP contribution in [0, 0.1) is 5.82 Å². The fourth-order valence-electron chi connectivity index (χ4n) is 1.21. The molecule has 0 heterocycles. The van der Waals surface area contributed by atoms with E-state index in [9.17, 15) is 12.8 Å². The van der Waals surface area contributed by atoms with Gasteiger partial charge < -0.3 is 0 Å². The van der Waals surface area contributed by atoms with Crippen LogP contribution in [0.4, 0.5) is 4.39 Å². The molecule has 0 N–H and O–H groups in total. The molecule has 0 aliphatic carbocycles. The fourth-order valence-corrected chi connectivity index (χ4v) is 1.88. The predicted molar refractivity (Wildman–Crippen MR) is 58.2 cm³/mol. The Morgan fingerprint density at radius 1 is 1.13 bits per heavy atom. The lowest BCUT2D eigenvalue weighted by atomic mass is 9.87. The standard InChI is InChI=1S/C11H15FO2S/c1-11(2,3)8-5-9(12)7-10(6-8)15(4,13)14/h5-7H,1-4H3. The van der Waals surface area contributed by atoms with Crippen molar-refractivity contribution in [2.45, 2.75) is 31.1 Å². The highest BCUT2D eigenvalue weighted by Crippen LogP contribution is 2.25. The van der Waals surface area contributed by atoms with Gasteiger partial charge in [0.15, 0.2) is 9.84 Å². The Hall–Kier alpha value is -0.900. The zero-order valence-corrected chi connectivity index (χ0v) is 10.2. The molecule has 1 rings (SSSR count). The van der Waals surface area contributed by atoms with Gasteiger partial charge in [0.2, 0.25) is 0 Å². The molecule has 84 valence electrons. The van der Waals surface area contributed by atoms with Crippen molar-refractivity contribution in [3.8, 4) is 0 Å². The third kappa shape index (κ3) is 3.02. The highest BCUT2D eigenvalue weighted by Gasteiger charge is 2.18. The summed E-state index contributed by atoms with van der Waals surface area (Å²) in [5.41, 5.74) is 0.421. The van der Waals surface area contributed by atoms with Gasteiger partial charge in [0.25, 0.3) is 0 Å². The molecular weight excluding hydrogens is 215 g/mol. The van der Waals surface area contributed by atoms with E-state index in [0.29, 0.717) is 5.56 Å². The van der Waals surface area contributed by atoms with Gasteiger partial charge in [-0.3, -0.25) is 0 Å². The monoisotopic (exact) mass is 230 g/mol. The van der Waals surface area contributed by atoms with Gasteiger partial charge in [-0.2, -0.15) is 0 Å². The van der Waals surface area contributed by atoms with E-state index in [1.165, 1.54) is 12.1 Å². The molecule has 0 saturated carbocycles. The summed E-state index contributed by atoms with van der Waals surface area (Å²) in [5, 5.41) is 0. The van der Waals surface area contributed by atoms with Crippen LogP contribution in [0.1, 0.15) is 26.3 Å². The van der Waals surface area contributed by atoms with Gasteiger partial charge in [0.1, 0.15) is 5.82 Å². The molecule has 0 aliphatic heterocycles. The average molecular weight is 230 g/mol. The average Bonchev–Trinajstić information content (AvgIpc) is 1.99. The minimum absolute atomic E-state index is 0.0347. The van der Waals surface area contributed by atoms with Gasteiger partial charge in [0, 0.05) is 6.26 Å². The van der Waals surface area contributed by atoms with Crippen LogP contribution in [0.15, 0.2) is 23.1 Å². The SMILES string of the molecule is CC(C)(C)c1cc(F)cc(S(C)(=O)=O)c1. The summed E-state index contributed by atoms with van der Waals surface area (Å²) in [6.45, 7) is 5.73. The normalized spacial score (nSPS) is 12.9. The van der Waals surface area contributed by atoms with Crippen LogP contribution in [0.5, 0.6) is 0 Å². The van der Waals surface area contributed by atoms with Gasteiger partial charge in [-0.1, -0.05) is 20.8 Å². The van der Waals surface area contributed by atoms with E-state index in [2.05, 4.69) is 0 Å². The first-order chi connectivity index (χ1) is 6.60.